The summed E-state index contributed by atoms with van der Waals surface area (Å²) in [5, 5.41) is 3.14. The molecule has 0 unspecified atom stereocenters. The van der Waals surface area contributed by atoms with Crippen LogP contribution in [0.15, 0.2) is 22.7 Å². The van der Waals surface area contributed by atoms with Crippen LogP contribution in [-0.2, 0) is 6.54 Å². The zero-order valence-electron chi connectivity index (χ0n) is 8.27. The van der Waals surface area contributed by atoms with E-state index < -0.39 is 6.61 Å². The molecule has 5 heteroatoms. The first-order valence-electron chi connectivity index (χ1n) is 4.57. The van der Waals surface area contributed by atoms with Crippen LogP contribution in [0.3, 0.4) is 0 Å². The van der Waals surface area contributed by atoms with Gasteiger partial charge in [-0.25, -0.2) is 0 Å². The van der Waals surface area contributed by atoms with Crippen molar-refractivity contribution in [2.24, 2.45) is 0 Å². The van der Waals surface area contributed by atoms with Crippen molar-refractivity contribution >= 4 is 15.9 Å². The van der Waals surface area contributed by atoms with Crippen molar-refractivity contribution in [3.63, 3.8) is 0 Å². The Morgan fingerprint density at radius 3 is 2.73 bits per heavy atom. The van der Waals surface area contributed by atoms with E-state index in [1.165, 1.54) is 6.07 Å². The Balaban J connectivity index is 2.70. The quantitative estimate of drug-likeness (QED) is 0.894. The third kappa shape index (κ3) is 4.13. The maximum absolute atomic E-state index is 11.9. The summed E-state index contributed by atoms with van der Waals surface area (Å²) >= 11 is 3.18. The van der Waals surface area contributed by atoms with Crippen LogP contribution >= 0.6 is 15.9 Å². The number of hydrogen-bond donors (Lipinski definition) is 1. The minimum absolute atomic E-state index is 0.158. The molecule has 0 aromatic heterocycles. The Labute approximate surface area is 95.8 Å². The second kappa shape index (κ2) is 6.02. The largest absolute Gasteiger partial charge is 0.434 e. The summed E-state index contributed by atoms with van der Waals surface area (Å²) < 4.78 is 28.7. The lowest BCUT2D eigenvalue weighted by molar-refractivity contribution is -0.0503. The molecule has 0 heterocycles. The summed E-state index contributed by atoms with van der Waals surface area (Å²) in [6.45, 7) is 0.793. The highest BCUT2D eigenvalue weighted by molar-refractivity contribution is 9.10. The van der Waals surface area contributed by atoms with Crippen molar-refractivity contribution in [2.75, 3.05) is 6.54 Å². The van der Waals surface area contributed by atoms with Crippen molar-refractivity contribution in [1.29, 1.82) is 0 Å². The van der Waals surface area contributed by atoms with Gasteiger partial charge in [-0.05, 0) is 40.2 Å². The van der Waals surface area contributed by atoms with Crippen LogP contribution in [0.4, 0.5) is 8.78 Å². The topological polar surface area (TPSA) is 21.3 Å². The number of rotatable bonds is 5. The molecule has 1 N–H and O–H groups in total. The van der Waals surface area contributed by atoms with E-state index in [1.54, 1.807) is 12.1 Å². The molecule has 0 atom stereocenters. The van der Waals surface area contributed by atoms with Crippen LogP contribution in [0.2, 0.25) is 0 Å². The fourth-order valence-electron chi connectivity index (χ4n) is 1.12. The summed E-state index contributed by atoms with van der Waals surface area (Å²) in [5.41, 5.74) is 1.02. The highest BCUT2D eigenvalue weighted by atomic mass is 79.9. The first-order valence-corrected chi connectivity index (χ1v) is 5.36. The van der Waals surface area contributed by atoms with Crippen LogP contribution in [-0.4, -0.2) is 13.2 Å². The summed E-state index contributed by atoms with van der Waals surface area (Å²) in [6, 6.07) is 5.05. The fourth-order valence-corrected chi connectivity index (χ4v) is 1.63. The molecule has 0 aliphatic heterocycles. The lowest BCUT2D eigenvalue weighted by Crippen LogP contribution is -2.11. The summed E-state index contributed by atoms with van der Waals surface area (Å²) in [7, 11) is 0. The summed E-state index contributed by atoms with van der Waals surface area (Å²) in [5.74, 6) is 0.158. The van der Waals surface area contributed by atoms with Crippen LogP contribution in [0.25, 0.3) is 0 Å². The Hall–Kier alpha value is -0.680. The van der Waals surface area contributed by atoms with E-state index in [4.69, 9.17) is 0 Å². The molecule has 0 radical (unpaired) electrons. The maximum Gasteiger partial charge on any atom is 0.387 e. The van der Waals surface area contributed by atoms with E-state index in [2.05, 4.69) is 26.0 Å². The van der Waals surface area contributed by atoms with Gasteiger partial charge in [0.15, 0.2) is 0 Å². The molecule has 84 valence electrons. The van der Waals surface area contributed by atoms with Gasteiger partial charge in [-0.1, -0.05) is 13.0 Å². The van der Waals surface area contributed by atoms with Gasteiger partial charge in [0, 0.05) is 6.54 Å². The molecule has 0 spiro atoms. The second-order valence-electron chi connectivity index (χ2n) is 2.92. The molecule has 0 aliphatic carbocycles. The van der Waals surface area contributed by atoms with Gasteiger partial charge in [0.2, 0.25) is 0 Å². The Bertz CT molecular complexity index is 320. The van der Waals surface area contributed by atoms with Gasteiger partial charge in [-0.2, -0.15) is 8.78 Å². The first-order chi connectivity index (χ1) is 7.13. The lowest BCUT2D eigenvalue weighted by atomic mass is 10.2. The average molecular weight is 280 g/mol. The molecule has 1 rings (SSSR count). The van der Waals surface area contributed by atoms with Crippen LogP contribution in [0, 0.1) is 0 Å². The Morgan fingerprint density at radius 2 is 2.20 bits per heavy atom. The Morgan fingerprint density at radius 1 is 1.47 bits per heavy atom. The third-order valence-corrected chi connectivity index (χ3v) is 2.41. The van der Waals surface area contributed by atoms with Crippen molar-refractivity contribution in [2.45, 2.75) is 20.1 Å². The van der Waals surface area contributed by atoms with Crippen LogP contribution < -0.4 is 10.1 Å². The predicted molar refractivity (Wildman–Crippen MR) is 58.2 cm³/mol. The molecule has 2 nitrogen and oxygen atoms in total. The van der Waals surface area contributed by atoms with Gasteiger partial charge in [0.1, 0.15) is 5.75 Å². The molecule has 0 saturated carbocycles. The van der Waals surface area contributed by atoms with Gasteiger partial charge in [-0.15, -0.1) is 0 Å². The molecule has 0 amide bonds. The van der Waals surface area contributed by atoms with Crippen molar-refractivity contribution in [3.05, 3.63) is 28.2 Å². The van der Waals surface area contributed by atoms with Gasteiger partial charge in [0.05, 0.1) is 4.47 Å². The summed E-state index contributed by atoms with van der Waals surface area (Å²) in [6.07, 6.45) is 0. The minimum atomic E-state index is -2.79. The van der Waals surface area contributed by atoms with Crippen molar-refractivity contribution in [1.82, 2.24) is 5.32 Å². The second-order valence-corrected chi connectivity index (χ2v) is 3.78. The zero-order chi connectivity index (χ0) is 11.3. The molecular formula is C10H12BrF2NO. The van der Waals surface area contributed by atoms with Gasteiger partial charge in [0.25, 0.3) is 0 Å². The van der Waals surface area contributed by atoms with E-state index in [-0.39, 0.29) is 5.75 Å². The molecule has 0 bridgehead atoms. The first kappa shape index (κ1) is 12.4. The van der Waals surface area contributed by atoms with Gasteiger partial charge < -0.3 is 10.1 Å². The van der Waals surface area contributed by atoms with Crippen LogP contribution in [0.1, 0.15) is 12.5 Å². The van der Waals surface area contributed by atoms with Crippen LogP contribution in [0.5, 0.6) is 5.75 Å². The smallest absolute Gasteiger partial charge is 0.387 e. The normalized spacial score (nSPS) is 10.7. The molecule has 0 aliphatic rings. The third-order valence-electron chi connectivity index (χ3n) is 1.79. The van der Waals surface area contributed by atoms with Gasteiger partial charge >= 0.3 is 6.61 Å². The number of hydrogen-bond acceptors (Lipinski definition) is 2. The standard InChI is InChI=1S/C10H12BrF2NO/c1-2-14-6-7-3-4-9(8(11)5-7)15-10(12)13/h3-5,10,14H,2,6H2,1H3. The zero-order valence-corrected chi connectivity index (χ0v) is 9.85. The molecule has 15 heavy (non-hydrogen) atoms. The highest BCUT2D eigenvalue weighted by Gasteiger charge is 2.08. The number of alkyl halides is 2. The minimum Gasteiger partial charge on any atom is -0.434 e. The van der Waals surface area contributed by atoms with E-state index in [1.807, 2.05) is 6.92 Å². The molecular weight excluding hydrogens is 268 g/mol. The SMILES string of the molecule is CCNCc1ccc(OC(F)F)c(Br)c1. The van der Waals surface area contributed by atoms with Gasteiger partial charge in [-0.3, -0.25) is 0 Å². The van der Waals surface area contributed by atoms with E-state index in [0.717, 1.165) is 12.1 Å². The van der Waals surface area contributed by atoms with Crippen molar-refractivity contribution < 1.29 is 13.5 Å². The predicted octanol–water partition coefficient (Wildman–Crippen LogP) is 3.16. The molecule has 1 aromatic rings. The van der Waals surface area contributed by atoms with Crippen molar-refractivity contribution in [3.8, 4) is 5.75 Å². The van der Waals surface area contributed by atoms with E-state index in [9.17, 15) is 8.78 Å². The summed E-state index contributed by atoms with van der Waals surface area (Å²) in [4.78, 5) is 0. The maximum atomic E-state index is 11.9. The number of nitrogens with one attached hydrogen (secondary N) is 1. The number of benzene rings is 1. The Kier molecular flexibility index (Phi) is 4.98. The van der Waals surface area contributed by atoms with E-state index in [0.29, 0.717) is 11.0 Å². The number of ether oxygens (including phenoxy) is 1. The fraction of sp³-hybridized carbons (Fsp3) is 0.400. The number of halogens is 3. The molecule has 1 aromatic carbocycles. The monoisotopic (exact) mass is 279 g/mol. The average Bonchev–Trinajstić information content (AvgIpc) is 2.18. The molecule has 0 saturated heterocycles. The van der Waals surface area contributed by atoms with E-state index >= 15 is 0 Å². The highest BCUT2D eigenvalue weighted by Crippen LogP contribution is 2.27. The molecule has 0 fully saturated rings. The lowest BCUT2D eigenvalue weighted by Gasteiger charge is -2.08.